The third-order valence-corrected chi connectivity index (χ3v) is 19.5. The highest BCUT2D eigenvalue weighted by atomic mass is 16.4. The highest BCUT2D eigenvalue weighted by Crippen LogP contribution is 2.17. The van der Waals surface area contributed by atoms with Crippen LogP contribution in [0.4, 0.5) is 0 Å². The van der Waals surface area contributed by atoms with Crippen LogP contribution in [0.25, 0.3) is 0 Å². The molecule has 642 valence electrons. The Hall–Kier alpha value is -9.14. The first kappa shape index (κ1) is 101. The van der Waals surface area contributed by atoms with Crippen molar-refractivity contribution in [1.82, 2.24) is 63.8 Å². The molecule has 0 unspecified atom stereocenters. The van der Waals surface area contributed by atoms with Gasteiger partial charge in [0.1, 0.15) is 73.0 Å². The zero-order chi connectivity index (χ0) is 84.8. The van der Waals surface area contributed by atoms with Gasteiger partial charge in [-0.2, -0.15) is 0 Å². The molecule has 2 aromatic carbocycles. The molecule has 0 saturated carbocycles. The standard InChI is InChI=1S/C82H139N17O15/c1-8-9-10-11-12-13-14-15-16-17-18-19-20-27-44-69(101)91-65(50-58-36-23-21-24-37-58)79(111)96-66(51-59-38-25-22-26-39-59)81(113)99-71(55(4)5)82(114)98-64(49-54(2)3)78(110)95-62(42-30-34-47-85)76(108)93-63(43-31-35-48-86)77(109)97-67(52-68(87)100)80(112)94-61(41-29-33-46-84)75(107)90-56(6)72(104)89-57(7)73(105)92-60(40-28-32-45-83)74(106)88-53-70(102)103/h21-26,36-39,54-57,60-67,71H,8-20,27-35,40-53,83-86H2,1-7H3,(H2,87,100)(H,88,106)(H,89,104)(H,90,107)(H,91,101)(H,92,105)(H,93,108)(H,94,112)(H,95,110)(H,96,111)(H,97,109)(H,98,114)(H,99,113)(H,102,103)/t56-,57-,60-,61-,62-,63-,64-,65+,66-,67-,71-/m0/s1. The molecule has 114 heavy (non-hydrogen) atoms. The molecule has 2 aromatic rings. The topological polar surface area (TPSA) is 534 Å². The van der Waals surface area contributed by atoms with E-state index in [0.717, 1.165) is 31.2 Å². The van der Waals surface area contributed by atoms with Crippen molar-refractivity contribution in [2.75, 3.05) is 32.7 Å². The van der Waals surface area contributed by atoms with Gasteiger partial charge in [0.15, 0.2) is 0 Å². The molecule has 0 heterocycles. The van der Waals surface area contributed by atoms with Crippen LogP contribution in [0.3, 0.4) is 0 Å². The third-order valence-electron chi connectivity index (χ3n) is 19.5. The van der Waals surface area contributed by atoms with Gasteiger partial charge in [-0.1, -0.05) is 179 Å². The molecular formula is C82H139N17O15. The second-order valence-electron chi connectivity index (χ2n) is 30.5. The van der Waals surface area contributed by atoms with Crippen LogP contribution in [0, 0.1) is 11.8 Å². The van der Waals surface area contributed by atoms with Gasteiger partial charge < -0.3 is 97.6 Å². The summed E-state index contributed by atoms with van der Waals surface area (Å²) in [6, 6.07) is 3.49. The summed E-state index contributed by atoms with van der Waals surface area (Å²) in [7, 11) is 0. The maximum Gasteiger partial charge on any atom is 0.322 e. The summed E-state index contributed by atoms with van der Waals surface area (Å²) in [5.74, 6) is -12.5. The van der Waals surface area contributed by atoms with Crippen LogP contribution in [-0.4, -0.2) is 187 Å². The van der Waals surface area contributed by atoms with E-state index < -0.39 is 162 Å². The second kappa shape index (κ2) is 59.5. The molecule has 2 rings (SSSR count). The lowest BCUT2D eigenvalue weighted by atomic mass is 9.98. The van der Waals surface area contributed by atoms with Gasteiger partial charge in [0.05, 0.1) is 6.42 Å². The van der Waals surface area contributed by atoms with Crippen molar-refractivity contribution in [3.05, 3.63) is 71.8 Å². The van der Waals surface area contributed by atoms with Gasteiger partial charge in [0, 0.05) is 19.3 Å². The fraction of sp³-hybridized carbons (Fsp3) is 0.683. The number of carbonyl (C=O) groups is 14. The van der Waals surface area contributed by atoms with Gasteiger partial charge in [0.25, 0.3) is 0 Å². The zero-order valence-corrected chi connectivity index (χ0v) is 68.8. The molecule has 0 aliphatic rings. The van der Waals surface area contributed by atoms with E-state index in [2.05, 4.69) is 70.7 Å². The van der Waals surface area contributed by atoms with Crippen LogP contribution in [0.15, 0.2) is 60.7 Å². The van der Waals surface area contributed by atoms with Crippen molar-refractivity contribution < 1.29 is 72.2 Å². The van der Waals surface area contributed by atoms with E-state index in [1.165, 1.54) is 71.6 Å². The van der Waals surface area contributed by atoms with E-state index in [4.69, 9.17) is 33.8 Å². The van der Waals surface area contributed by atoms with Crippen molar-refractivity contribution in [3.8, 4) is 0 Å². The Balaban J connectivity index is 2.39. The highest BCUT2D eigenvalue weighted by molar-refractivity contribution is 6.00. The Kier molecular flexibility index (Phi) is 52.7. The molecule has 0 bridgehead atoms. The molecule has 0 aliphatic carbocycles. The number of carboxylic acid groups (broad SMARTS) is 1. The fourth-order valence-electron chi connectivity index (χ4n) is 12.8. The summed E-state index contributed by atoms with van der Waals surface area (Å²) in [6.07, 6.45) is 18.8. The minimum atomic E-state index is -1.75. The molecule has 13 amide bonds. The summed E-state index contributed by atoms with van der Waals surface area (Å²) >= 11 is 0. The smallest absolute Gasteiger partial charge is 0.322 e. The summed E-state index contributed by atoms with van der Waals surface area (Å²) in [5, 5.41) is 40.8. The first-order chi connectivity index (χ1) is 54.5. The van der Waals surface area contributed by atoms with Crippen LogP contribution in [0.5, 0.6) is 0 Å². The lowest BCUT2D eigenvalue weighted by molar-refractivity contribution is -0.138. The Morgan fingerprint density at radius 3 is 1.07 bits per heavy atom. The molecule has 23 N–H and O–H groups in total. The highest BCUT2D eigenvalue weighted by Gasteiger charge is 2.37. The monoisotopic (exact) mass is 1600 g/mol. The number of carboxylic acids is 1. The molecule has 0 saturated heterocycles. The van der Waals surface area contributed by atoms with Crippen molar-refractivity contribution in [1.29, 1.82) is 0 Å². The predicted octanol–water partition coefficient (Wildman–Crippen LogP) is 3.01. The number of amides is 13. The Morgan fingerprint density at radius 2 is 0.667 bits per heavy atom. The first-order valence-corrected chi connectivity index (χ1v) is 41.5. The Labute approximate surface area is 674 Å². The largest absolute Gasteiger partial charge is 0.480 e. The Morgan fingerprint density at radius 1 is 0.342 bits per heavy atom. The number of carbonyl (C=O) groups excluding carboxylic acids is 13. The molecule has 0 fully saturated rings. The normalized spacial score (nSPS) is 14.1. The number of hydrogen-bond acceptors (Lipinski definition) is 18. The number of hydrogen-bond donors (Lipinski definition) is 18. The number of aliphatic carboxylic acids is 1. The quantitative estimate of drug-likeness (QED) is 0.0423. The minimum Gasteiger partial charge on any atom is -0.480 e. The maximum atomic E-state index is 14.8. The van der Waals surface area contributed by atoms with Gasteiger partial charge in [-0.25, -0.2) is 0 Å². The van der Waals surface area contributed by atoms with E-state index in [0.29, 0.717) is 57.1 Å². The minimum absolute atomic E-state index is 0.000952. The van der Waals surface area contributed by atoms with Crippen LogP contribution in [-0.2, 0) is 80.0 Å². The number of primary amides is 1. The summed E-state index contributed by atoms with van der Waals surface area (Å²) in [6.45, 7) is 12.1. The number of nitrogens with two attached hydrogens (primary N) is 5. The van der Waals surface area contributed by atoms with E-state index in [-0.39, 0.29) is 95.7 Å². The third kappa shape index (κ3) is 43.9. The fourth-order valence-corrected chi connectivity index (χ4v) is 12.8. The van der Waals surface area contributed by atoms with E-state index in [1.807, 2.05) is 50.2 Å². The number of nitrogens with one attached hydrogen (secondary N) is 12. The van der Waals surface area contributed by atoms with Crippen molar-refractivity contribution in [3.63, 3.8) is 0 Å². The Bertz CT molecular complexity index is 3220. The number of benzene rings is 2. The molecule has 0 radical (unpaired) electrons. The molecule has 0 spiro atoms. The lowest BCUT2D eigenvalue weighted by Crippen LogP contribution is -2.61. The van der Waals surface area contributed by atoms with Crippen molar-refractivity contribution in [2.45, 2.75) is 314 Å². The van der Waals surface area contributed by atoms with Crippen LogP contribution < -0.4 is 92.5 Å². The molecular weight excluding hydrogens is 1460 g/mol. The van der Waals surface area contributed by atoms with E-state index in [1.54, 1.807) is 38.1 Å². The maximum absolute atomic E-state index is 14.8. The molecule has 0 aliphatic heterocycles. The van der Waals surface area contributed by atoms with Crippen molar-refractivity contribution >= 4 is 82.8 Å². The zero-order valence-electron chi connectivity index (χ0n) is 68.8. The predicted molar refractivity (Wildman–Crippen MR) is 438 cm³/mol. The summed E-state index contributed by atoms with van der Waals surface area (Å²) in [5.41, 5.74) is 30.2. The van der Waals surface area contributed by atoms with E-state index in [9.17, 15) is 67.1 Å². The molecule has 32 heteroatoms. The van der Waals surface area contributed by atoms with Gasteiger partial charge in [-0.3, -0.25) is 67.1 Å². The molecule has 11 atom stereocenters. The van der Waals surface area contributed by atoms with Gasteiger partial charge in [-0.05, 0) is 153 Å². The van der Waals surface area contributed by atoms with Gasteiger partial charge >= 0.3 is 5.97 Å². The van der Waals surface area contributed by atoms with Crippen LogP contribution in [0.2, 0.25) is 0 Å². The van der Waals surface area contributed by atoms with Gasteiger partial charge in [-0.15, -0.1) is 0 Å². The SMILES string of the molecule is CCCCCCCCCCCCCCCCC(=O)N[C@H](Cc1ccccc1)C(=O)N[C@@H](Cc1ccccc1)C(=O)N[C@H](C(=O)N[C@@H](CC(C)C)C(=O)N[C@@H](CCCCN)C(=O)N[C@@H](CCCCN)C(=O)N[C@@H](CC(N)=O)C(=O)N[C@@H](CCCCN)C(=O)N[C@@H](C)C(=O)N[C@@H](C)C(=O)N[C@@H](CCCCN)C(=O)NCC(=O)O)C(C)C. The molecule has 0 aromatic heterocycles. The average molecular weight is 1600 g/mol. The molecule has 32 nitrogen and oxygen atoms in total. The summed E-state index contributed by atoms with van der Waals surface area (Å²) in [4.78, 5) is 193. The van der Waals surface area contributed by atoms with E-state index >= 15 is 0 Å². The summed E-state index contributed by atoms with van der Waals surface area (Å²) < 4.78 is 0. The van der Waals surface area contributed by atoms with Crippen LogP contribution in [0.1, 0.15) is 246 Å². The first-order valence-electron chi connectivity index (χ1n) is 41.5. The number of unbranched alkanes of at least 4 members (excludes halogenated alkanes) is 17. The van der Waals surface area contributed by atoms with Crippen molar-refractivity contribution in [2.24, 2.45) is 40.5 Å². The van der Waals surface area contributed by atoms with Crippen LogP contribution >= 0.6 is 0 Å². The lowest BCUT2D eigenvalue weighted by Gasteiger charge is -2.29. The number of rotatable bonds is 64. The average Bonchev–Trinajstić information content (AvgIpc) is 0.845. The van der Waals surface area contributed by atoms with Gasteiger partial charge in [0.2, 0.25) is 76.8 Å². The second-order valence-corrected chi connectivity index (χ2v) is 30.5.